The topological polar surface area (TPSA) is 92.4 Å². The quantitative estimate of drug-likeness (QED) is 0.500. The van der Waals surface area contributed by atoms with Crippen molar-refractivity contribution >= 4 is 17.7 Å². The van der Waals surface area contributed by atoms with Crippen LogP contribution in [0, 0.1) is 5.82 Å². The lowest BCUT2D eigenvalue weighted by atomic mass is 10.1. The van der Waals surface area contributed by atoms with Crippen molar-refractivity contribution in [3.8, 4) is 5.75 Å². The van der Waals surface area contributed by atoms with Crippen molar-refractivity contribution in [2.24, 2.45) is 10.7 Å². The molecule has 2 unspecified atom stereocenters. The highest BCUT2D eigenvalue weighted by atomic mass is 19.1. The summed E-state index contributed by atoms with van der Waals surface area (Å²) in [6, 6.07) is 12.9. The van der Waals surface area contributed by atoms with Crippen molar-refractivity contribution in [1.29, 1.82) is 0 Å². The summed E-state index contributed by atoms with van der Waals surface area (Å²) in [7, 11) is 0. The van der Waals surface area contributed by atoms with Crippen LogP contribution in [0.2, 0.25) is 0 Å². The van der Waals surface area contributed by atoms with Gasteiger partial charge in [0, 0.05) is 24.5 Å². The Hall–Kier alpha value is -3.59. The maximum Gasteiger partial charge on any atom is 0.406 e. The molecule has 2 aromatic carbocycles. The number of hydrogen-bond acceptors (Lipinski definition) is 7. The third-order valence-corrected chi connectivity index (χ3v) is 7.15. The number of rotatable bonds is 8. The summed E-state index contributed by atoms with van der Waals surface area (Å²) >= 11 is 0. The zero-order chi connectivity index (χ0) is 25.6. The van der Waals surface area contributed by atoms with Crippen LogP contribution in [-0.4, -0.2) is 54.3 Å². The molecule has 5 rings (SSSR count). The molecular formula is C28H34FN5O3. The molecule has 0 aromatic heterocycles. The van der Waals surface area contributed by atoms with Gasteiger partial charge in [-0.3, -0.25) is 4.90 Å². The smallest absolute Gasteiger partial charge is 0.406 e. The van der Waals surface area contributed by atoms with Crippen LogP contribution in [0.25, 0.3) is 0 Å². The Bertz CT molecular complexity index is 1160. The summed E-state index contributed by atoms with van der Waals surface area (Å²) in [5.74, 6) is 0.230. The number of benzene rings is 2. The van der Waals surface area contributed by atoms with Crippen molar-refractivity contribution in [1.82, 2.24) is 9.80 Å². The number of aryl methyl sites for hydroxylation is 1. The second kappa shape index (κ2) is 11.6. The monoisotopic (exact) mass is 507 g/mol. The largest absolute Gasteiger partial charge is 0.490 e. The molecule has 0 spiro atoms. The van der Waals surface area contributed by atoms with Crippen LogP contribution in [0.1, 0.15) is 49.3 Å². The van der Waals surface area contributed by atoms with Gasteiger partial charge in [0.25, 0.3) is 0 Å². The molecule has 3 N–H and O–H groups in total. The maximum absolute atomic E-state index is 14.9. The molecule has 1 fully saturated rings. The maximum atomic E-state index is 14.9. The van der Waals surface area contributed by atoms with Crippen molar-refractivity contribution < 1.29 is 18.7 Å². The summed E-state index contributed by atoms with van der Waals surface area (Å²) < 4.78 is 26.0. The van der Waals surface area contributed by atoms with Gasteiger partial charge >= 0.3 is 6.09 Å². The average Bonchev–Trinajstić information content (AvgIpc) is 3.32. The van der Waals surface area contributed by atoms with Gasteiger partial charge in [-0.15, -0.1) is 0 Å². The van der Waals surface area contributed by atoms with E-state index in [1.807, 2.05) is 17.0 Å². The van der Waals surface area contributed by atoms with Crippen LogP contribution in [0.4, 0.5) is 14.9 Å². The van der Waals surface area contributed by atoms with E-state index in [1.54, 1.807) is 24.4 Å². The van der Waals surface area contributed by atoms with Gasteiger partial charge in [-0.25, -0.2) is 14.2 Å². The molecule has 9 heteroatoms. The lowest BCUT2D eigenvalue weighted by Gasteiger charge is -2.38. The van der Waals surface area contributed by atoms with E-state index in [-0.39, 0.29) is 11.8 Å². The van der Waals surface area contributed by atoms with Crippen LogP contribution in [0.5, 0.6) is 5.75 Å². The van der Waals surface area contributed by atoms with Gasteiger partial charge in [-0.1, -0.05) is 30.7 Å². The first-order valence-electron chi connectivity index (χ1n) is 13.1. The van der Waals surface area contributed by atoms with Crippen LogP contribution < -0.4 is 15.8 Å². The normalized spacial score (nSPS) is 21.3. The number of hydrogen-bond donors (Lipinski definition) is 2. The predicted molar refractivity (Wildman–Crippen MR) is 141 cm³/mol. The fraction of sp³-hybridized carbons (Fsp3) is 0.429. The standard InChI is InChI=1S/C28H34FN5O3/c29-23-19-21(10-12-25(23)36-18-6-17-33-15-4-1-5-16-33)32-28-31-14-13-26(37-27(30)35)34(28)24-11-9-20-7-2-3-8-22(20)24/h2-3,7-8,10,12-14,19,24,26H,1,4-6,9,11,15-18H2,(H2,30,35)(H,31,32). The molecule has 2 aromatic rings. The molecule has 1 amide bonds. The highest BCUT2D eigenvalue weighted by Crippen LogP contribution is 2.38. The number of nitrogens with zero attached hydrogens (tertiary/aromatic N) is 3. The Labute approximate surface area is 216 Å². The predicted octanol–water partition coefficient (Wildman–Crippen LogP) is 4.79. The van der Waals surface area contributed by atoms with Crippen molar-refractivity contribution in [3.05, 3.63) is 71.7 Å². The number of aliphatic imine (C=N–C) groups is 1. The number of carbonyl (C=O) groups is 1. The van der Waals surface area contributed by atoms with E-state index in [9.17, 15) is 9.18 Å². The molecule has 1 aliphatic carbocycles. The zero-order valence-corrected chi connectivity index (χ0v) is 20.9. The van der Waals surface area contributed by atoms with E-state index >= 15 is 0 Å². The molecule has 0 saturated carbocycles. The van der Waals surface area contributed by atoms with Crippen molar-refractivity contribution in [2.75, 3.05) is 31.6 Å². The number of halogens is 1. The van der Waals surface area contributed by atoms with Gasteiger partial charge < -0.3 is 25.4 Å². The van der Waals surface area contributed by atoms with E-state index in [0.717, 1.165) is 44.5 Å². The summed E-state index contributed by atoms with van der Waals surface area (Å²) in [5, 5.41) is 3.21. The SMILES string of the molecule is NC(=O)OC1C=CN=C(Nc2ccc(OCCCN3CCCCC3)c(F)c2)N1C1CCc2ccccc21. The zero-order valence-electron chi connectivity index (χ0n) is 20.9. The van der Waals surface area contributed by atoms with Gasteiger partial charge in [0.1, 0.15) is 0 Å². The molecule has 37 heavy (non-hydrogen) atoms. The number of carbonyl (C=O) groups excluding carboxylic acids is 1. The minimum absolute atomic E-state index is 0.0795. The Morgan fingerprint density at radius 3 is 2.81 bits per heavy atom. The lowest BCUT2D eigenvalue weighted by Crippen LogP contribution is -2.48. The van der Waals surface area contributed by atoms with Gasteiger partial charge in [0.15, 0.2) is 11.6 Å². The molecule has 2 aliphatic heterocycles. The second-order valence-corrected chi connectivity index (χ2v) is 9.66. The molecule has 3 aliphatic rings. The third kappa shape index (κ3) is 6.05. The Morgan fingerprint density at radius 2 is 2.00 bits per heavy atom. The summed E-state index contributed by atoms with van der Waals surface area (Å²) in [6.07, 6.45) is 8.04. The van der Waals surface area contributed by atoms with Crippen LogP contribution >= 0.6 is 0 Å². The Kier molecular flexibility index (Phi) is 7.89. The summed E-state index contributed by atoms with van der Waals surface area (Å²) in [5.41, 5.74) is 8.26. The molecule has 0 bridgehead atoms. The van der Waals surface area contributed by atoms with E-state index in [1.165, 1.54) is 30.9 Å². The number of guanidine groups is 1. The van der Waals surface area contributed by atoms with Crippen molar-refractivity contribution in [2.45, 2.75) is 50.8 Å². The molecule has 1 saturated heterocycles. The number of ether oxygens (including phenoxy) is 2. The lowest BCUT2D eigenvalue weighted by molar-refractivity contribution is 0.0394. The molecule has 8 nitrogen and oxygen atoms in total. The number of amides is 1. The van der Waals surface area contributed by atoms with Gasteiger partial charge in [-0.2, -0.15) is 0 Å². The molecule has 196 valence electrons. The Balaban J connectivity index is 1.26. The number of fused-ring (bicyclic) bond motifs is 1. The minimum atomic E-state index is -0.875. The molecule has 0 radical (unpaired) electrons. The molecule has 2 atom stereocenters. The fourth-order valence-corrected chi connectivity index (χ4v) is 5.41. The second-order valence-electron chi connectivity index (χ2n) is 9.66. The highest BCUT2D eigenvalue weighted by molar-refractivity contribution is 5.95. The summed E-state index contributed by atoms with van der Waals surface area (Å²) in [6.45, 7) is 3.73. The van der Waals surface area contributed by atoms with E-state index in [4.69, 9.17) is 15.2 Å². The first-order chi connectivity index (χ1) is 18.1. The first kappa shape index (κ1) is 25.1. The van der Waals surface area contributed by atoms with E-state index < -0.39 is 18.1 Å². The fourth-order valence-electron chi connectivity index (χ4n) is 5.41. The van der Waals surface area contributed by atoms with Crippen molar-refractivity contribution in [3.63, 3.8) is 0 Å². The minimum Gasteiger partial charge on any atom is -0.490 e. The van der Waals surface area contributed by atoms with Crippen LogP contribution in [-0.2, 0) is 11.2 Å². The number of anilines is 1. The highest BCUT2D eigenvalue weighted by Gasteiger charge is 2.36. The van der Waals surface area contributed by atoms with Gasteiger partial charge in [0.2, 0.25) is 12.2 Å². The van der Waals surface area contributed by atoms with E-state index in [0.29, 0.717) is 18.3 Å². The van der Waals surface area contributed by atoms with Crippen LogP contribution in [0.15, 0.2) is 59.7 Å². The first-order valence-corrected chi connectivity index (χ1v) is 13.1. The number of primary amides is 1. The Morgan fingerprint density at radius 1 is 1.16 bits per heavy atom. The molecule has 2 heterocycles. The van der Waals surface area contributed by atoms with Gasteiger partial charge in [0.05, 0.1) is 12.6 Å². The average molecular weight is 508 g/mol. The third-order valence-electron chi connectivity index (χ3n) is 7.15. The number of likely N-dealkylation sites (tertiary alicyclic amines) is 1. The molecular weight excluding hydrogens is 473 g/mol. The summed E-state index contributed by atoms with van der Waals surface area (Å²) in [4.78, 5) is 20.5. The van der Waals surface area contributed by atoms with E-state index in [2.05, 4.69) is 27.3 Å². The van der Waals surface area contributed by atoms with Gasteiger partial charge in [-0.05, 0) is 74.5 Å². The number of piperidine rings is 1. The number of nitrogens with one attached hydrogen (secondary N) is 1. The van der Waals surface area contributed by atoms with Crippen LogP contribution in [0.3, 0.4) is 0 Å². The number of nitrogens with two attached hydrogens (primary N) is 1.